The molecule has 2 heterocycles. The number of nitrogens with zero attached hydrogens (tertiary/aromatic N) is 2. The van der Waals surface area contributed by atoms with Gasteiger partial charge in [-0.1, -0.05) is 19.1 Å². The molecule has 1 N–H and O–H groups in total. The Balaban J connectivity index is 2.00. The zero-order chi connectivity index (χ0) is 21.2. The molecule has 0 fully saturated rings. The van der Waals surface area contributed by atoms with E-state index < -0.39 is 23.6 Å². The number of alkyl halides is 3. The van der Waals surface area contributed by atoms with Crippen molar-refractivity contribution in [1.29, 1.82) is 0 Å². The van der Waals surface area contributed by atoms with E-state index in [-0.39, 0.29) is 17.8 Å². The van der Waals surface area contributed by atoms with Crippen LogP contribution in [-0.2, 0) is 12.7 Å². The summed E-state index contributed by atoms with van der Waals surface area (Å²) in [6, 6.07) is 7.99. The average Bonchev–Trinajstić information content (AvgIpc) is 2.65. The van der Waals surface area contributed by atoms with Gasteiger partial charge in [0.1, 0.15) is 16.5 Å². The van der Waals surface area contributed by atoms with Gasteiger partial charge in [-0.25, -0.2) is 14.4 Å². The van der Waals surface area contributed by atoms with E-state index in [1.165, 1.54) is 30.0 Å². The van der Waals surface area contributed by atoms with Crippen LogP contribution in [0.3, 0.4) is 0 Å². The number of halogens is 4. The number of carbonyl (C=O) groups excluding carboxylic acids is 1. The van der Waals surface area contributed by atoms with Crippen LogP contribution in [0, 0.1) is 12.7 Å². The highest BCUT2D eigenvalue weighted by molar-refractivity contribution is 7.99. The second kappa shape index (κ2) is 8.36. The topological polar surface area (TPSA) is 54.9 Å². The molecule has 2 aromatic heterocycles. The average molecular weight is 423 g/mol. The number of thioether (sulfide) groups is 1. The fourth-order valence-electron chi connectivity index (χ4n) is 2.86. The van der Waals surface area contributed by atoms with Crippen LogP contribution in [0.5, 0.6) is 0 Å². The Morgan fingerprint density at radius 3 is 2.59 bits per heavy atom. The van der Waals surface area contributed by atoms with E-state index in [2.05, 4.69) is 15.3 Å². The molecule has 0 spiro atoms. The normalized spacial score (nSPS) is 11.7. The zero-order valence-electron chi connectivity index (χ0n) is 15.6. The first-order valence-electron chi connectivity index (χ1n) is 8.74. The van der Waals surface area contributed by atoms with Gasteiger partial charge in [0.15, 0.2) is 5.65 Å². The summed E-state index contributed by atoms with van der Waals surface area (Å²) < 4.78 is 52.2. The molecule has 0 atom stereocenters. The lowest BCUT2D eigenvalue weighted by atomic mass is 10.1. The van der Waals surface area contributed by atoms with Crippen LogP contribution in [0.25, 0.3) is 11.0 Å². The number of hydrogen-bond acceptors (Lipinski definition) is 4. The minimum absolute atomic E-state index is 0.0602. The Kier molecular flexibility index (Phi) is 6.07. The first-order chi connectivity index (χ1) is 13.7. The molecular weight excluding hydrogens is 406 g/mol. The van der Waals surface area contributed by atoms with Crippen LogP contribution in [0.4, 0.5) is 17.6 Å². The van der Waals surface area contributed by atoms with Crippen molar-refractivity contribution in [1.82, 2.24) is 15.3 Å². The Hall–Kier alpha value is -2.68. The highest BCUT2D eigenvalue weighted by Gasteiger charge is 2.33. The molecule has 0 bridgehead atoms. The van der Waals surface area contributed by atoms with Gasteiger partial charge < -0.3 is 5.32 Å². The molecule has 152 valence electrons. The smallest absolute Gasteiger partial charge is 0.348 e. The highest BCUT2D eigenvalue weighted by Crippen LogP contribution is 2.32. The first-order valence-corrected chi connectivity index (χ1v) is 9.73. The number of aryl methyl sites for hydroxylation is 1. The lowest BCUT2D eigenvalue weighted by Gasteiger charge is -2.15. The lowest BCUT2D eigenvalue weighted by molar-refractivity contribution is -0.141. The molecule has 9 heteroatoms. The van der Waals surface area contributed by atoms with E-state index >= 15 is 0 Å². The number of nitrogens with one attached hydrogen (secondary N) is 1. The van der Waals surface area contributed by atoms with Gasteiger partial charge in [-0.2, -0.15) is 13.2 Å². The minimum atomic E-state index is -4.58. The van der Waals surface area contributed by atoms with Gasteiger partial charge in [0, 0.05) is 11.9 Å². The van der Waals surface area contributed by atoms with Gasteiger partial charge in [0.05, 0.1) is 5.56 Å². The van der Waals surface area contributed by atoms with Gasteiger partial charge in [-0.15, -0.1) is 11.8 Å². The van der Waals surface area contributed by atoms with Gasteiger partial charge in [0.25, 0.3) is 5.91 Å². The second-order valence-electron chi connectivity index (χ2n) is 6.23. The summed E-state index contributed by atoms with van der Waals surface area (Å²) in [4.78, 5) is 20.7. The number of hydrogen-bond donors (Lipinski definition) is 1. The maximum absolute atomic E-state index is 13.3. The van der Waals surface area contributed by atoms with Crippen LogP contribution >= 0.6 is 11.8 Å². The quantitative estimate of drug-likeness (QED) is 0.456. The van der Waals surface area contributed by atoms with E-state index in [9.17, 15) is 22.4 Å². The summed E-state index contributed by atoms with van der Waals surface area (Å²) in [7, 11) is 0. The van der Waals surface area contributed by atoms with Gasteiger partial charge in [-0.3, -0.25) is 4.79 Å². The third-order valence-electron chi connectivity index (χ3n) is 4.22. The molecular formula is C20H17F4N3OS. The summed E-state index contributed by atoms with van der Waals surface area (Å²) in [6.07, 6.45) is -4.58. The van der Waals surface area contributed by atoms with E-state index in [0.29, 0.717) is 27.3 Å². The molecule has 0 saturated carbocycles. The Morgan fingerprint density at radius 1 is 1.17 bits per heavy atom. The standard InChI is InChI=1S/C20H17F4N3OS/c1-3-29-19-16(18(28)25-10-12-5-4-6-13(21)9-12)11(2)14-7-8-15(20(22,23)24)26-17(14)27-19/h4-9H,3,10H2,1-2H3,(H,25,28). The molecule has 0 aliphatic rings. The maximum Gasteiger partial charge on any atom is 0.433 e. The largest absolute Gasteiger partial charge is 0.433 e. The molecule has 0 aliphatic heterocycles. The van der Waals surface area contributed by atoms with Crippen LogP contribution < -0.4 is 5.32 Å². The van der Waals surface area contributed by atoms with E-state index in [0.717, 1.165) is 6.07 Å². The van der Waals surface area contributed by atoms with Crippen molar-refractivity contribution in [2.45, 2.75) is 31.6 Å². The molecule has 1 amide bonds. The SMILES string of the molecule is CCSc1nc2nc(C(F)(F)F)ccc2c(C)c1C(=O)NCc1cccc(F)c1. The number of amides is 1. The molecule has 0 aliphatic carbocycles. The minimum Gasteiger partial charge on any atom is -0.348 e. The predicted octanol–water partition coefficient (Wildman–Crippen LogP) is 5.14. The van der Waals surface area contributed by atoms with Crippen molar-refractivity contribution in [2.75, 3.05) is 5.75 Å². The van der Waals surface area contributed by atoms with Gasteiger partial charge in [0.2, 0.25) is 0 Å². The third kappa shape index (κ3) is 4.67. The third-order valence-corrected chi connectivity index (χ3v) is 5.07. The van der Waals surface area contributed by atoms with Crippen molar-refractivity contribution in [3.63, 3.8) is 0 Å². The summed E-state index contributed by atoms with van der Waals surface area (Å²) in [6.45, 7) is 3.60. The van der Waals surface area contributed by atoms with Crippen molar-refractivity contribution in [3.05, 3.63) is 64.6 Å². The summed E-state index contributed by atoms with van der Waals surface area (Å²) >= 11 is 1.24. The van der Waals surface area contributed by atoms with Crippen LogP contribution in [0.2, 0.25) is 0 Å². The number of benzene rings is 1. The predicted molar refractivity (Wildman–Crippen MR) is 103 cm³/mol. The Labute approximate surface area is 168 Å². The van der Waals surface area contributed by atoms with Crippen molar-refractivity contribution in [2.24, 2.45) is 0 Å². The molecule has 0 saturated heterocycles. The number of fused-ring (bicyclic) bond motifs is 1. The number of pyridine rings is 2. The van der Waals surface area contributed by atoms with E-state index in [1.54, 1.807) is 19.1 Å². The zero-order valence-corrected chi connectivity index (χ0v) is 16.4. The summed E-state index contributed by atoms with van der Waals surface area (Å²) in [5.74, 6) is -0.271. The molecule has 1 aromatic carbocycles. The summed E-state index contributed by atoms with van der Waals surface area (Å²) in [5.41, 5.74) is 0.264. The van der Waals surface area contributed by atoms with Crippen molar-refractivity contribution in [3.8, 4) is 0 Å². The van der Waals surface area contributed by atoms with Gasteiger partial charge >= 0.3 is 6.18 Å². The van der Waals surface area contributed by atoms with Crippen molar-refractivity contribution < 1.29 is 22.4 Å². The van der Waals surface area contributed by atoms with Gasteiger partial charge in [-0.05, 0) is 48.1 Å². The highest BCUT2D eigenvalue weighted by atomic mass is 32.2. The maximum atomic E-state index is 13.3. The molecule has 0 radical (unpaired) electrons. The lowest BCUT2D eigenvalue weighted by Crippen LogP contribution is -2.25. The first kappa shape index (κ1) is 21.0. The van der Waals surface area contributed by atoms with Crippen LogP contribution in [0.1, 0.15) is 34.1 Å². The van der Waals surface area contributed by atoms with Crippen molar-refractivity contribution >= 4 is 28.7 Å². The van der Waals surface area contributed by atoms with Crippen LogP contribution in [-0.4, -0.2) is 21.6 Å². The molecule has 3 rings (SSSR count). The number of aromatic nitrogens is 2. The number of rotatable bonds is 5. The van der Waals surface area contributed by atoms with E-state index in [1.807, 2.05) is 6.92 Å². The number of carbonyl (C=O) groups is 1. The molecule has 4 nitrogen and oxygen atoms in total. The molecule has 29 heavy (non-hydrogen) atoms. The van der Waals surface area contributed by atoms with Crippen LogP contribution in [0.15, 0.2) is 41.4 Å². The second-order valence-corrected chi connectivity index (χ2v) is 7.48. The fourth-order valence-corrected chi connectivity index (χ4v) is 3.67. The monoisotopic (exact) mass is 423 g/mol. The van der Waals surface area contributed by atoms with E-state index in [4.69, 9.17) is 0 Å². The fraction of sp³-hybridized carbons (Fsp3) is 0.250. The molecule has 3 aromatic rings. The Bertz CT molecular complexity index is 1070. The summed E-state index contributed by atoms with van der Waals surface area (Å²) in [5, 5.41) is 3.40. The molecule has 0 unspecified atom stereocenters. The Morgan fingerprint density at radius 2 is 1.93 bits per heavy atom.